The second-order valence-corrected chi connectivity index (χ2v) is 6.33. The highest BCUT2D eigenvalue weighted by Gasteiger charge is 2.04. The molecule has 0 atom stereocenters. The molecule has 126 valence electrons. The van der Waals surface area contributed by atoms with Crippen molar-refractivity contribution in [1.29, 1.82) is 0 Å². The Morgan fingerprint density at radius 3 is 2.83 bits per heavy atom. The molecule has 4 nitrogen and oxygen atoms in total. The highest BCUT2D eigenvalue weighted by molar-refractivity contribution is 5.41. The third kappa shape index (κ3) is 4.82. The summed E-state index contributed by atoms with van der Waals surface area (Å²) in [7, 11) is 0. The number of aryl methyl sites for hydroxylation is 1. The Kier molecular flexibility index (Phi) is 5.83. The molecule has 0 saturated heterocycles. The predicted octanol–water partition coefficient (Wildman–Crippen LogP) is 4.70. The quantitative estimate of drug-likeness (QED) is 0.726. The topological polar surface area (TPSA) is 49.8 Å². The van der Waals surface area contributed by atoms with Crippen LogP contribution in [0.5, 0.6) is 0 Å². The summed E-state index contributed by atoms with van der Waals surface area (Å²) < 4.78 is 0. The van der Waals surface area contributed by atoms with E-state index in [1.165, 1.54) is 36.8 Å². The van der Waals surface area contributed by atoms with E-state index in [4.69, 9.17) is 0 Å². The Morgan fingerprint density at radius 1 is 1.08 bits per heavy atom. The molecule has 0 unspecified atom stereocenters. The van der Waals surface area contributed by atoms with E-state index in [0.717, 1.165) is 25.3 Å². The number of allylic oxidation sites excluding steroid dienone is 1. The number of benzene rings is 1. The maximum Gasteiger partial charge on any atom is 0.224 e. The molecule has 0 saturated carbocycles. The first-order chi connectivity index (χ1) is 11.8. The Labute approximate surface area is 144 Å². The molecule has 3 rings (SSSR count). The van der Waals surface area contributed by atoms with Gasteiger partial charge in [-0.3, -0.25) is 0 Å². The van der Waals surface area contributed by atoms with E-state index >= 15 is 0 Å². The summed E-state index contributed by atoms with van der Waals surface area (Å²) in [5, 5.41) is 6.72. The number of aromatic nitrogens is 2. The lowest BCUT2D eigenvalue weighted by atomic mass is 9.97. The Bertz CT molecular complexity index is 694. The molecule has 1 aromatic heterocycles. The summed E-state index contributed by atoms with van der Waals surface area (Å²) in [6.45, 7) is 3.80. The van der Waals surface area contributed by atoms with Crippen LogP contribution in [0.3, 0.4) is 0 Å². The molecule has 0 radical (unpaired) electrons. The van der Waals surface area contributed by atoms with Crippen molar-refractivity contribution in [2.24, 2.45) is 0 Å². The minimum absolute atomic E-state index is 0.696. The summed E-state index contributed by atoms with van der Waals surface area (Å²) in [6, 6.07) is 10.3. The van der Waals surface area contributed by atoms with Gasteiger partial charge in [-0.1, -0.05) is 35.9 Å². The normalized spacial score (nSPS) is 14.1. The van der Waals surface area contributed by atoms with Crippen molar-refractivity contribution in [2.45, 2.75) is 45.6 Å². The van der Waals surface area contributed by atoms with Crippen LogP contribution in [0.25, 0.3) is 0 Å². The highest BCUT2D eigenvalue weighted by atomic mass is 15.1. The van der Waals surface area contributed by atoms with E-state index < -0.39 is 0 Å². The minimum atomic E-state index is 0.696. The Morgan fingerprint density at radius 2 is 2.00 bits per heavy atom. The third-order valence-electron chi connectivity index (χ3n) is 4.49. The van der Waals surface area contributed by atoms with Gasteiger partial charge in [-0.2, -0.15) is 4.98 Å². The van der Waals surface area contributed by atoms with Crippen LogP contribution in [0.4, 0.5) is 11.8 Å². The maximum atomic E-state index is 4.55. The number of hydrogen-bond donors (Lipinski definition) is 2. The molecular formula is C20H26N4. The van der Waals surface area contributed by atoms with Crippen molar-refractivity contribution in [3.05, 3.63) is 59.3 Å². The summed E-state index contributed by atoms with van der Waals surface area (Å²) >= 11 is 0. The van der Waals surface area contributed by atoms with Crippen molar-refractivity contribution in [1.82, 2.24) is 9.97 Å². The van der Waals surface area contributed by atoms with Crippen LogP contribution in [-0.4, -0.2) is 16.5 Å². The lowest BCUT2D eigenvalue weighted by Gasteiger charge is -2.13. The molecule has 1 aliphatic rings. The third-order valence-corrected chi connectivity index (χ3v) is 4.49. The molecule has 0 spiro atoms. The fourth-order valence-electron chi connectivity index (χ4n) is 3.00. The molecule has 2 aromatic rings. The van der Waals surface area contributed by atoms with E-state index in [-0.39, 0.29) is 0 Å². The van der Waals surface area contributed by atoms with Crippen molar-refractivity contribution < 1.29 is 0 Å². The molecule has 1 aliphatic carbocycles. The maximum absolute atomic E-state index is 4.55. The largest absolute Gasteiger partial charge is 0.366 e. The number of rotatable bonds is 7. The zero-order valence-corrected chi connectivity index (χ0v) is 14.4. The van der Waals surface area contributed by atoms with Gasteiger partial charge in [-0.05, 0) is 56.2 Å². The summed E-state index contributed by atoms with van der Waals surface area (Å²) in [5.74, 6) is 1.55. The van der Waals surface area contributed by atoms with E-state index in [1.54, 1.807) is 11.8 Å². The zero-order valence-electron chi connectivity index (χ0n) is 14.4. The molecular weight excluding hydrogens is 296 g/mol. The lowest BCUT2D eigenvalue weighted by Crippen LogP contribution is -2.09. The van der Waals surface area contributed by atoms with Gasteiger partial charge in [-0.15, -0.1) is 0 Å². The standard InChI is InChI=1S/C20H26N4/c1-16-7-5-6-10-18(16)15-23-19-12-14-22-20(24-19)21-13-11-17-8-3-2-4-9-17/h5-8,10,12,14H,2-4,9,11,13,15H2,1H3,(H2,21,22,23,24). The molecule has 4 heteroatoms. The van der Waals surface area contributed by atoms with Gasteiger partial charge >= 0.3 is 0 Å². The van der Waals surface area contributed by atoms with Crippen molar-refractivity contribution in [3.8, 4) is 0 Å². The van der Waals surface area contributed by atoms with Crippen LogP contribution in [0.2, 0.25) is 0 Å². The minimum Gasteiger partial charge on any atom is -0.366 e. The predicted molar refractivity (Wildman–Crippen MR) is 100 cm³/mol. The van der Waals surface area contributed by atoms with Gasteiger partial charge in [0.2, 0.25) is 5.95 Å². The fraction of sp³-hybridized carbons (Fsp3) is 0.400. The van der Waals surface area contributed by atoms with Crippen LogP contribution < -0.4 is 10.6 Å². The average molecular weight is 322 g/mol. The number of hydrogen-bond acceptors (Lipinski definition) is 4. The number of nitrogens with zero attached hydrogens (tertiary/aromatic N) is 2. The molecule has 1 aromatic carbocycles. The molecule has 2 N–H and O–H groups in total. The first-order valence-electron chi connectivity index (χ1n) is 8.84. The van der Waals surface area contributed by atoms with Crippen molar-refractivity contribution in [2.75, 3.05) is 17.2 Å². The van der Waals surface area contributed by atoms with Crippen LogP contribution in [-0.2, 0) is 6.54 Å². The van der Waals surface area contributed by atoms with E-state index in [9.17, 15) is 0 Å². The van der Waals surface area contributed by atoms with Gasteiger partial charge in [-0.25, -0.2) is 4.98 Å². The van der Waals surface area contributed by atoms with Gasteiger partial charge < -0.3 is 10.6 Å². The molecule has 0 bridgehead atoms. The van der Waals surface area contributed by atoms with Gasteiger partial charge in [0.15, 0.2) is 0 Å². The van der Waals surface area contributed by atoms with E-state index in [0.29, 0.717) is 5.95 Å². The highest BCUT2D eigenvalue weighted by Crippen LogP contribution is 2.20. The zero-order chi connectivity index (χ0) is 16.6. The summed E-state index contributed by atoms with van der Waals surface area (Å²) in [5.41, 5.74) is 4.15. The molecule has 1 heterocycles. The Hall–Kier alpha value is -2.36. The molecule has 0 amide bonds. The molecule has 24 heavy (non-hydrogen) atoms. The van der Waals surface area contributed by atoms with Gasteiger partial charge in [0.1, 0.15) is 5.82 Å². The first kappa shape index (κ1) is 16.5. The van der Waals surface area contributed by atoms with Crippen LogP contribution >= 0.6 is 0 Å². The fourth-order valence-corrected chi connectivity index (χ4v) is 3.00. The van der Waals surface area contributed by atoms with Crippen LogP contribution in [0.15, 0.2) is 48.2 Å². The van der Waals surface area contributed by atoms with E-state index in [2.05, 4.69) is 57.9 Å². The SMILES string of the molecule is Cc1ccccc1CNc1ccnc(NCCC2=CCCCC2)n1. The number of anilines is 2. The monoisotopic (exact) mass is 322 g/mol. The van der Waals surface area contributed by atoms with Gasteiger partial charge in [0, 0.05) is 19.3 Å². The average Bonchev–Trinajstić information content (AvgIpc) is 2.62. The second kappa shape index (κ2) is 8.48. The van der Waals surface area contributed by atoms with Crippen LogP contribution in [0, 0.1) is 6.92 Å². The summed E-state index contributed by atoms with van der Waals surface area (Å²) in [4.78, 5) is 8.86. The first-order valence-corrected chi connectivity index (χ1v) is 8.84. The van der Waals surface area contributed by atoms with Crippen molar-refractivity contribution >= 4 is 11.8 Å². The molecule has 0 aliphatic heterocycles. The lowest BCUT2D eigenvalue weighted by molar-refractivity contribution is 0.679. The number of nitrogens with one attached hydrogen (secondary N) is 2. The Balaban J connectivity index is 1.50. The second-order valence-electron chi connectivity index (χ2n) is 6.33. The van der Waals surface area contributed by atoms with Crippen molar-refractivity contribution in [3.63, 3.8) is 0 Å². The smallest absolute Gasteiger partial charge is 0.224 e. The summed E-state index contributed by atoms with van der Waals surface area (Å²) in [6.07, 6.45) is 10.5. The van der Waals surface area contributed by atoms with Gasteiger partial charge in [0.05, 0.1) is 0 Å². The van der Waals surface area contributed by atoms with Crippen LogP contribution in [0.1, 0.15) is 43.2 Å². The van der Waals surface area contributed by atoms with E-state index in [1.807, 2.05) is 6.07 Å². The van der Waals surface area contributed by atoms with Gasteiger partial charge in [0.25, 0.3) is 0 Å². The molecule has 0 fully saturated rings.